The van der Waals surface area contributed by atoms with Gasteiger partial charge in [0, 0.05) is 21.2 Å². The van der Waals surface area contributed by atoms with Crippen molar-refractivity contribution in [2.75, 3.05) is 0 Å². The highest BCUT2D eigenvalue weighted by atomic mass is 79.9. The summed E-state index contributed by atoms with van der Waals surface area (Å²) in [5.74, 6) is 0.585. The van der Waals surface area contributed by atoms with Gasteiger partial charge in [0.15, 0.2) is 5.82 Å². The van der Waals surface area contributed by atoms with E-state index >= 15 is 0 Å². The minimum absolute atomic E-state index is 0.473. The number of halogens is 1. The molecule has 0 aliphatic rings. The fourth-order valence-corrected chi connectivity index (χ4v) is 4.15. The fourth-order valence-electron chi connectivity index (χ4n) is 3.76. The molecule has 0 saturated heterocycles. The Morgan fingerprint density at radius 1 is 0.677 bits per heavy atom. The van der Waals surface area contributed by atoms with Crippen LogP contribution in [0.5, 0.6) is 0 Å². The first-order chi connectivity index (χ1) is 15.2. The van der Waals surface area contributed by atoms with Gasteiger partial charge in [0.1, 0.15) is 11.6 Å². The topological polar surface area (TPSA) is 49.6 Å². The molecule has 31 heavy (non-hydrogen) atoms. The van der Waals surface area contributed by atoms with Crippen LogP contribution in [-0.2, 0) is 0 Å². The molecule has 4 aromatic carbocycles. The third-order valence-corrected chi connectivity index (χ3v) is 5.69. The molecule has 0 amide bonds. The third-order valence-electron chi connectivity index (χ3n) is 5.20. The van der Waals surface area contributed by atoms with Crippen molar-refractivity contribution >= 4 is 26.7 Å². The van der Waals surface area contributed by atoms with Gasteiger partial charge >= 0.3 is 0 Å². The molecule has 0 aliphatic heterocycles. The lowest BCUT2D eigenvalue weighted by molar-refractivity contribution is 1.17. The standard InChI is InChI=1S/C27H16BrN3/c28-21-13-6-12-20(16-21)27-30-25(19-9-2-1-3-10-19)24(17-29)26(31-27)23-15-7-11-18-8-4-5-14-22(18)23/h1-16H. The first kappa shape index (κ1) is 19.2. The molecule has 1 aromatic heterocycles. The Labute approximate surface area is 188 Å². The van der Waals surface area contributed by atoms with Crippen LogP contribution in [0.3, 0.4) is 0 Å². The molecule has 3 nitrogen and oxygen atoms in total. The fraction of sp³-hybridized carbons (Fsp3) is 0. The minimum atomic E-state index is 0.473. The van der Waals surface area contributed by atoms with E-state index in [1.165, 1.54) is 0 Å². The molecular formula is C27H16BrN3. The predicted octanol–water partition coefficient (Wildman–Crippen LogP) is 7.26. The Balaban J connectivity index is 1.87. The van der Waals surface area contributed by atoms with Crippen molar-refractivity contribution in [1.29, 1.82) is 5.26 Å². The Hall–Kier alpha value is -3.81. The van der Waals surface area contributed by atoms with E-state index in [4.69, 9.17) is 9.97 Å². The van der Waals surface area contributed by atoms with Crippen LogP contribution in [0.25, 0.3) is 44.7 Å². The summed E-state index contributed by atoms with van der Waals surface area (Å²) in [6, 6.07) is 34.3. The number of nitrogens with zero attached hydrogens (tertiary/aromatic N) is 3. The Morgan fingerprint density at radius 3 is 2.16 bits per heavy atom. The van der Waals surface area contributed by atoms with Gasteiger partial charge < -0.3 is 0 Å². The molecule has 1 heterocycles. The van der Waals surface area contributed by atoms with Gasteiger partial charge in [-0.2, -0.15) is 5.26 Å². The molecular weight excluding hydrogens is 446 g/mol. The molecule has 0 N–H and O–H groups in total. The summed E-state index contributed by atoms with van der Waals surface area (Å²) in [7, 11) is 0. The number of nitriles is 1. The van der Waals surface area contributed by atoms with Crippen LogP contribution in [0.1, 0.15) is 5.56 Å². The summed E-state index contributed by atoms with van der Waals surface area (Å²) < 4.78 is 0.950. The lowest BCUT2D eigenvalue weighted by Crippen LogP contribution is -2.01. The zero-order valence-electron chi connectivity index (χ0n) is 16.5. The highest BCUT2D eigenvalue weighted by molar-refractivity contribution is 9.10. The SMILES string of the molecule is N#Cc1c(-c2ccccc2)nc(-c2cccc(Br)c2)nc1-c1cccc2ccccc12. The summed E-state index contributed by atoms with van der Waals surface area (Å²) in [6.07, 6.45) is 0. The Bertz CT molecular complexity index is 1450. The van der Waals surface area contributed by atoms with E-state index < -0.39 is 0 Å². The summed E-state index contributed by atoms with van der Waals surface area (Å²) in [6.45, 7) is 0. The van der Waals surface area contributed by atoms with Crippen molar-refractivity contribution in [3.05, 3.63) is 107 Å². The van der Waals surface area contributed by atoms with E-state index in [-0.39, 0.29) is 0 Å². The average molecular weight is 462 g/mol. The first-order valence-corrected chi connectivity index (χ1v) is 10.7. The second kappa shape index (κ2) is 8.14. The lowest BCUT2D eigenvalue weighted by Gasteiger charge is -2.14. The van der Waals surface area contributed by atoms with Crippen LogP contribution in [0.2, 0.25) is 0 Å². The maximum atomic E-state index is 10.2. The molecule has 0 atom stereocenters. The minimum Gasteiger partial charge on any atom is -0.227 e. The van der Waals surface area contributed by atoms with Crippen molar-refractivity contribution in [2.24, 2.45) is 0 Å². The molecule has 0 unspecified atom stereocenters. The van der Waals surface area contributed by atoms with Crippen LogP contribution in [-0.4, -0.2) is 9.97 Å². The largest absolute Gasteiger partial charge is 0.227 e. The maximum Gasteiger partial charge on any atom is 0.160 e. The van der Waals surface area contributed by atoms with Crippen LogP contribution >= 0.6 is 15.9 Å². The molecule has 0 radical (unpaired) electrons. The predicted molar refractivity (Wildman–Crippen MR) is 128 cm³/mol. The van der Waals surface area contributed by atoms with Gasteiger partial charge in [-0.25, -0.2) is 9.97 Å². The van der Waals surface area contributed by atoms with Gasteiger partial charge in [0.05, 0.1) is 11.4 Å². The van der Waals surface area contributed by atoms with Crippen LogP contribution in [0, 0.1) is 11.3 Å². The average Bonchev–Trinajstić information content (AvgIpc) is 2.83. The van der Waals surface area contributed by atoms with Crippen molar-refractivity contribution < 1.29 is 0 Å². The zero-order chi connectivity index (χ0) is 21.2. The lowest BCUT2D eigenvalue weighted by atomic mass is 9.96. The van der Waals surface area contributed by atoms with Gasteiger partial charge in [0.25, 0.3) is 0 Å². The first-order valence-electron chi connectivity index (χ1n) is 9.86. The molecule has 4 heteroatoms. The highest BCUT2D eigenvalue weighted by Crippen LogP contribution is 2.35. The molecule has 0 fully saturated rings. The second-order valence-electron chi connectivity index (χ2n) is 7.13. The molecule has 0 bridgehead atoms. The Morgan fingerprint density at radius 2 is 1.35 bits per heavy atom. The van der Waals surface area contributed by atoms with E-state index in [2.05, 4.69) is 40.2 Å². The summed E-state index contributed by atoms with van der Waals surface area (Å²) in [4.78, 5) is 9.74. The Kier molecular flexibility index (Phi) is 5.03. The molecule has 0 spiro atoms. The number of rotatable bonds is 3. The second-order valence-corrected chi connectivity index (χ2v) is 8.05. The van der Waals surface area contributed by atoms with Gasteiger partial charge in [0.2, 0.25) is 0 Å². The van der Waals surface area contributed by atoms with Crippen molar-refractivity contribution in [3.63, 3.8) is 0 Å². The molecule has 5 rings (SSSR count). The van der Waals surface area contributed by atoms with Gasteiger partial charge in [-0.3, -0.25) is 0 Å². The highest BCUT2D eigenvalue weighted by Gasteiger charge is 2.19. The van der Waals surface area contributed by atoms with Crippen molar-refractivity contribution in [3.8, 4) is 40.0 Å². The van der Waals surface area contributed by atoms with E-state index in [0.717, 1.165) is 31.9 Å². The summed E-state index contributed by atoms with van der Waals surface area (Å²) >= 11 is 3.54. The monoisotopic (exact) mass is 461 g/mol. The number of benzene rings is 4. The summed E-state index contributed by atoms with van der Waals surface area (Å²) in [5.41, 5.74) is 4.45. The van der Waals surface area contributed by atoms with E-state index in [1.54, 1.807) is 0 Å². The number of aromatic nitrogens is 2. The van der Waals surface area contributed by atoms with Gasteiger partial charge in [-0.1, -0.05) is 101 Å². The van der Waals surface area contributed by atoms with E-state index in [0.29, 0.717) is 22.8 Å². The third kappa shape index (κ3) is 3.61. The van der Waals surface area contributed by atoms with Crippen LogP contribution in [0.4, 0.5) is 0 Å². The molecule has 0 saturated carbocycles. The maximum absolute atomic E-state index is 10.2. The van der Waals surface area contributed by atoms with Crippen LogP contribution in [0.15, 0.2) is 102 Å². The normalized spacial score (nSPS) is 10.7. The van der Waals surface area contributed by atoms with E-state index in [9.17, 15) is 5.26 Å². The van der Waals surface area contributed by atoms with Gasteiger partial charge in [-0.15, -0.1) is 0 Å². The molecule has 146 valence electrons. The zero-order valence-corrected chi connectivity index (χ0v) is 18.0. The quantitative estimate of drug-likeness (QED) is 0.283. The number of fused-ring (bicyclic) bond motifs is 1. The molecule has 0 aliphatic carbocycles. The summed E-state index contributed by atoms with van der Waals surface area (Å²) in [5, 5.41) is 12.3. The molecule has 5 aromatic rings. The smallest absolute Gasteiger partial charge is 0.160 e. The number of hydrogen-bond acceptors (Lipinski definition) is 3. The van der Waals surface area contributed by atoms with Crippen molar-refractivity contribution in [2.45, 2.75) is 0 Å². The number of hydrogen-bond donors (Lipinski definition) is 0. The van der Waals surface area contributed by atoms with Crippen molar-refractivity contribution in [1.82, 2.24) is 9.97 Å². The van der Waals surface area contributed by atoms with Gasteiger partial charge in [-0.05, 0) is 22.9 Å². The van der Waals surface area contributed by atoms with E-state index in [1.807, 2.05) is 78.9 Å². The van der Waals surface area contributed by atoms with Crippen LogP contribution < -0.4 is 0 Å².